The highest BCUT2D eigenvalue weighted by Gasteiger charge is 2.35. The molecule has 0 saturated carbocycles. The lowest BCUT2D eigenvalue weighted by Gasteiger charge is -2.19. The van der Waals surface area contributed by atoms with E-state index in [2.05, 4.69) is 0 Å². The van der Waals surface area contributed by atoms with Gasteiger partial charge in [-0.1, -0.05) is 6.07 Å². The number of carbonyl (C=O) groups excluding carboxylic acids is 1. The Labute approximate surface area is 156 Å². The molecule has 27 heavy (non-hydrogen) atoms. The Kier molecular flexibility index (Phi) is 4.93. The van der Waals surface area contributed by atoms with E-state index in [1.54, 1.807) is 12.1 Å². The van der Waals surface area contributed by atoms with Crippen LogP contribution in [0.1, 0.15) is 15.9 Å². The van der Waals surface area contributed by atoms with Gasteiger partial charge in [0.15, 0.2) is 27.1 Å². The van der Waals surface area contributed by atoms with Crippen molar-refractivity contribution < 1.29 is 31.8 Å². The van der Waals surface area contributed by atoms with E-state index in [-0.39, 0.29) is 11.1 Å². The zero-order chi connectivity index (χ0) is 19.8. The summed E-state index contributed by atoms with van der Waals surface area (Å²) in [6.45, 7) is 0. The van der Waals surface area contributed by atoms with E-state index in [4.69, 9.17) is 14.2 Å². The molecule has 142 valence electrons. The number of ether oxygens (including phenoxy) is 3. The molecule has 1 heterocycles. The predicted octanol–water partition coefficient (Wildman–Crippen LogP) is 2.91. The average molecular weight is 392 g/mol. The van der Waals surface area contributed by atoms with Crippen molar-refractivity contribution in [3.05, 3.63) is 52.8 Å². The number of hydrogen-bond acceptors (Lipinski definition) is 6. The summed E-state index contributed by atoms with van der Waals surface area (Å²) in [5.74, 6) is -0.948. The Morgan fingerprint density at radius 3 is 2.22 bits per heavy atom. The highest BCUT2D eigenvalue weighted by atomic mass is 32.2. The second kappa shape index (κ2) is 7.03. The molecule has 0 saturated heterocycles. The first-order valence-corrected chi connectivity index (χ1v) is 9.54. The molecule has 0 fully saturated rings. The lowest BCUT2D eigenvalue weighted by Crippen LogP contribution is -2.25. The first-order valence-electron chi connectivity index (χ1n) is 7.89. The second-order valence-electron chi connectivity index (χ2n) is 5.83. The first-order chi connectivity index (χ1) is 12.8. The average Bonchev–Trinajstić information content (AvgIpc) is 2.64. The molecular weight excluding hydrogens is 375 g/mol. The summed E-state index contributed by atoms with van der Waals surface area (Å²) < 4.78 is 54.7. The Morgan fingerprint density at radius 1 is 1.04 bits per heavy atom. The quantitative estimate of drug-likeness (QED) is 0.745. The molecule has 0 spiro atoms. The van der Waals surface area contributed by atoms with E-state index in [0.29, 0.717) is 22.8 Å². The summed E-state index contributed by atoms with van der Waals surface area (Å²) in [6.07, 6.45) is 1.43. The second-order valence-corrected chi connectivity index (χ2v) is 7.76. The van der Waals surface area contributed by atoms with Crippen molar-refractivity contribution in [1.82, 2.24) is 0 Å². The molecule has 1 aliphatic heterocycles. The van der Waals surface area contributed by atoms with Crippen LogP contribution >= 0.6 is 0 Å². The fraction of sp³-hybridized carbons (Fsp3) is 0.211. The van der Waals surface area contributed by atoms with Crippen molar-refractivity contribution in [3.8, 4) is 17.2 Å². The fourth-order valence-corrected chi connectivity index (χ4v) is 4.64. The van der Waals surface area contributed by atoms with Crippen LogP contribution in [-0.2, 0) is 9.84 Å². The predicted molar refractivity (Wildman–Crippen MR) is 96.9 cm³/mol. The molecule has 6 nitrogen and oxygen atoms in total. The Bertz CT molecular complexity index is 1030. The van der Waals surface area contributed by atoms with Crippen LogP contribution in [0.4, 0.5) is 4.39 Å². The van der Waals surface area contributed by atoms with Crippen LogP contribution < -0.4 is 14.2 Å². The molecule has 0 aliphatic carbocycles. The van der Waals surface area contributed by atoms with Gasteiger partial charge in [0.05, 0.1) is 27.1 Å². The van der Waals surface area contributed by atoms with Gasteiger partial charge in [-0.15, -0.1) is 0 Å². The van der Waals surface area contributed by atoms with E-state index < -0.39 is 32.1 Å². The SMILES string of the molecule is COc1cc(/C=C2/CS(=O)(=O)c3c(F)cccc3C2=O)cc(OC)c1OC. The molecule has 0 aromatic heterocycles. The van der Waals surface area contributed by atoms with Crippen LogP contribution in [0.3, 0.4) is 0 Å². The van der Waals surface area contributed by atoms with Gasteiger partial charge in [0.25, 0.3) is 0 Å². The molecular formula is C19H17FO6S. The number of fused-ring (bicyclic) bond motifs is 1. The fourth-order valence-electron chi connectivity index (χ4n) is 3.01. The monoisotopic (exact) mass is 392 g/mol. The third kappa shape index (κ3) is 3.28. The summed E-state index contributed by atoms with van der Waals surface area (Å²) in [5.41, 5.74) is 0.352. The Balaban J connectivity index is 2.15. The number of hydrogen-bond donors (Lipinski definition) is 0. The highest BCUT2D eigenvalue weighted by molar-refractivity contribution is 7.92. The molecule has 1 aliphatic rings. The van der Waals surface area contributed by atoms with Crippen LogP contribution in [0, 0.1) is 5.82 Å². The number of sulfone groups is 1. The topological polar surface area (TPSA) is 78.9 Å². The van der Waals surface area contributed by atoms with Gasteiger partial charge in [0.2, 0.25) is 5.75 Å². The normalized spacial score (nSPS) is 16.7. The summed E-state index contributed by atoms with van der Waals surface area (Å²) >= 11 is 0. The van der Waals surface area contributed by atoms with Gasteiger partial charge in [0, 0.05) is 11.1 Å². The van der Waals surface area contributed by atoms with Crippen molar-refractivity contribution in [1.29, 1.82) is 0 Å². The lowest BCUT2D eigenvalue weighted by molar-refractivity contribution is 0.103. The van der Waals surface area contributed by atoms with Crippen molar-refractivity contribution in [2.24, 2.45) is 0 Å². The number of Topliss-reactive ketones (excluding diaryl/α,β-unsaturated/α-hetero) is 1. The zero-order valence-electron chi connectivity index (χ0n) is 14.9. The Hall–Kier alpha value is -2.87. The minimum absolute atomic E-state index is 0.0300. The molecule has 0 atom stereocenters. The standard InChI is InChI=1S/C19H17FO6S/c1-24-15-8-11(9-16(25-2)18(15)26-3)7-12-10-27(22,23)19-13(17(12)21)5-4-6-14(19)20/h4-9H,10H2,1-3H3/b12-7-. The molecule has 0 radical (unpaired) electrons. The van der Waals surface area contributed by atoms with E-state index >= 15 is 0 Å². The van der Waals surface area contributed by atoms with Crippen molar-refractivity contribution in [2.45, 2.75) is 4.90 Å². The summed E-state index contributed by atoms with van der Waals surface area (Å²) in [5, 5.41) is 0. The number of halogens is 1. The van der Waals surface area contributed by atoms with Gasteiger partial charge in [-0.05, 0) is 35.9 Å². The maximum Gasteiger partial charge on any atom is 0.203 e. The van der Waals surface area contributed by atoms with Crippen molar-refractivity contribution in [3.63, 3.8) is 0 Å². The van der Waals surface area contributed by atoms with E-state index in [1.807, 2.05) is 0 Å². The van der Waals surface area contributed by atoms with E-state index in [0.717, 1.165) is 6.07 Å². The maximum atomic E-state index is 14.0. The third-order valence-electron chi connectivity index (χ3n) is 4.19. The van der Waals surface area contributed by atoms with Crippen LogP contribution in [0.5, 0.6) is 17.2 Å². The van der Waals surface area contributed by atoms with E-state index in [1.165, 1.54) is 39.5 Å². The van der Waals surface area contributed by atoms with Gasteiger partial charge < -0.3 is 14.2 Å². The summed E-state index contributed by atoms with van der Waals surface area (Å²) in [6, 6.07) is 6.83. The number of benzene rings is 2. The van der Waals surface area contributed by atoms with Gasteiger partial charge in [-0.3, -0.25) is 4.79 Å². The molecule has 2 aromatic carbocycles. The molecule has 3 rings (SSSR count). The zero-order valence-corrected chi connectivity index (χ0v) is 15.7. The van der Waals surface area contributed by atoms with Crippen LogP contribution in [0.25, 0.3) is 6.08 Å². The lowest BCUT2D eigenvalue weighted by atomic mass is 10.0. The van der Waals surface area contributed by atoms with Gasteiger partial charge in [-0.25, -0.2) is 12.8 Å². The molecule has 0 bridgehead atoms. The van der Waals surface area contributed by atoms with Gasteiger partial charge in [0.1, 0.15) is 10.7 Å². The van der Waals surface area contributed by atoms with Crippen LogP contribution in [0.15, 0.2) is 40.8 Å². The van der Waals surface area contributed by atoms with Crippen molar-refractivity contribution in [2.75, 3.05) is 27.1 Å². The van der Waals surface area contributed by atoms with Crippen LogP contribution in [0.2, 0.25) is 0 Å². The molecule has 0 unspecified atom stereocenters. The van der Waals surface area contributed by atoms with Gasteiger partial charge in [-0.2, -0.15) is 0 Å². The van der Waals surface area contributed by atoms with Gasteiger partial charge >= 0.3 is 0 Å². The minimum atomic E-state index is -3.97. The van der Waals surface area contributed by atoms with Crippen molar-refractivity contribution >= 4 is 21.7 Å². The largest absolute Gasteiger partial charge is 0.493 e. The number of ketones is 1. The Morgan fingerprint density at radius 2 is 1.67 bits per heavy atom. The smallest absolute Gasteiger partial charge is 0.203 e. The summed E-state index contributed by atoms with van der Waals surface area (Å²) in [4.78, 5) is 12.2. The molecule has 0 N–H and O–H groups in total. The molecule has 2 aromatic rings. The molecule has 8 heteroatoms. The van der Waals surface area contributed by atoms with E-state index in [9.17, 15) is 17.6 Å². The number of rotatable bonds is 4. The van der Waals surface area contributed by atoms with Crippen LogP contribution in [-0.4, -0.2) is 41.3 Å². The number of carbonyl (C=O) groups is 1. The molecule has 0 amide bonds. The number of methoxy groups -OCH3 is 3. The maximum absolute atomic E-state index is 14.0. The minimum Gasteiger partial charge on any atom is -0.493 e. The highest BCUT2D eigenvalue weighted by Crippen LogP contribution is 2.39. The third-order valence-corrected chi connectivity index (χ3v) is 5.92. The summed E-state index contributed by atoms with van der Waals surface area (Å²) in [7, 11) is 0.385. The first kappa shape index (κ1) is 18.9.